The highest BCUT2D eigenvalue weighted by Gasteiger charge is 2.72. The van der Waals surface area contributed by atoms with Crippen molar-refractivity contribution in [1.29, 1.82) is 0 Å². The van der Waals surface area contributed by atoms with Gasteiger partial charge in [-0.2, -0.15) is 0 Å². The first-order valence-electron chi connectivity index (χ1n) is 5.37. The third kappa shape index (κ3) is 1.69. The number of fused-ring (bicyclic) bond motifs is 1. The first-order chi connectivity index (χ1) is 8.48. The summed E-state index contributed by atoms with van der Waals surface area (Å²) in [6, 6.07) is 9.10. The fraction of sp³-hybridized carbons (Fsp3) is 0.231. The molecule has 3 rings (SSSR count). The summed E-state index contributed by atoms with van der Waals surface area (Å²) >= 11 is 1.16. The number of thioether (sulfide) groups is 1. The standard InChI is InChI=1S/C13H9F3OS/c14-13(15,16)17-12-9-5-4-8-11(12,18-12)10-6-2-1-3-7-10/h1-9H. The lowest BCUT2D eigenvalue weighted by molar-refractivity contribution is -0.339. The third-order valence-corrected chi connectivity index (χ3v) is 4.65. The number of halogens is 3. The molecule has 1 fully saturated rings. The van der Waals surface area contributed by atoms with Crippen LogP contribution in [0.3, 0.4) is 0 Å². The maximum absolute atomic E-state index is 12.5. The molecule has 1 aromatic carbocycles. The van der Waals surface area contributed by atoms with Crippen LogP contribution in [0, 0.1) is 0 Å². The molecule has 0 saturated carbocycles. The van der Waals surface area contributed by atoms with E-state index >= 15 is 0 Å². The summed E-state index contributed by atoms with van der Waals surface area (Å²) in [7, 11) is 0. The van der Waals surface area contributed by atoms with Gasteiger partial charge >= 0.3 is 6.36 Å². The molecule has 1 aliphatic carbocycles. The molecular weight excluding hydrogens is 261 g/mol. The lowest BCUT2D eigenvalue weighted by Gasteiger charge is -2.22. The maximum atomic E-state index is 12.5. The lowest BCUT2D eigenvalue weighted by Crippen LogP contribution is -2.31. The molecule has 0 amide bonds. The average Bonchev–Trinajstić information content (AvgIpc) is 2.97. The molecule has 0 bridgehead atoms. The largest absolute Gasteiger partial charge is 0.524 e. The van der Waals surface area contributed by atoms with E-state index in [0.717, 1.165) is 17.3 Å². The van der Waals surface area contributed by atoms with Crippen LogP contribution in [0.1, 0.15) is 5.56 Å². The molecule has 0 spiro atoms. The van der Waals surface area contributed by atoms with Crippen LogP contribution in [0.15, 0.2) is 54.6 Å². The van der Waals surface area contributed by atoms with Crippen LogP contribution >= 0.6 is 11.8 Å². The minimum atomic E-state index is -4.64. The van der Waals surface area contributed by atoms with Gasteiger partial charge in [0.2, 0.25) is 0 Å². The van der Waals surface area contributed by atoms with Crippen molar-refractivity contribution in [3.8, 4) is 0 Å². The second-order valence-corrected chi connectivity index (χ2v) is 5.59. The van der Waals surface area contributed by atoms with Crippen molar-refractivity contribution in [2.45, 2.75) is 16.0 Å². The Hall–Kier alpha value is -1.20. The topological polar surface area (TPSA) is 9.23 Å². The lowest BCUT2D eigenvalue weighted by atomic mass is 9.90. The predicted molar refractivity (Wildman–Crippen MR) is 63.9 cm³/mol. The maximum Gasteiger partial charge on any atom is 0.524 e. The molecule has 2 aliphatic rings. The summed E-state index contributed by atoms with van der Waals surface area (Å²) in [6.07, 6.45) is 1.94. The van der Waals surface area contributed by atoms with Crippen LogP contribution < -0.4 is 0 Å². The molecule has 1 nitrogen and oxygen atoms in total. The minimum Gasteiger partial charge on any atom is -0.268 e. The van der Waals surface area contributed by atoms with E-state index in [9.17, 15) is 13.2 Å². The van der Waals surface area contributed by atoms with E-state index in [1.54, 1.807) is 18.2 Å². The van der Waals surface area contributed by atoms with Gasteiger partial charge in [-0.05, 0) is 11.6 Å². The highest BCUT2D eigenvalue weighted by Crippen LogP contribution is 2.74. The van der Waals surface area contributed by atoms with Crippen molar-refractivity contribution in [1.82, 2.24) is 0 Å². The number of hydrogen-bond acceptors (Lipinski definition) is 2. The molecule has 0 aromatic heterocycles. The van der Waals surface area contributed by atoms with Gasteiger partial charge in [0.15, 0.2) is 4.93 Å². The third-order valence-electron chi connectivity index (χ3n) is 3.02. The van der Waals surface area contributed by atoms with Crippen LogP contribution in [0.4, 0.5) is 13.2 Å². The fourth-order valence-electron chi connectivity index (χ4n) is 2.24. The van der Waals surface area contributed by atoms with Gasteiger partial charge in [-0.25, -0.2) is 0 Å². The Morgan fingerprint density at radius 2 is 1.67 bits per heavy atom. The minimum absolute atomic E-state index is 0.751. The van der Waals surface area contributed by atoms with Crippen LogP contribution in [0.2, 0.25) is 0 Å². The SMILES string of the molecule is FC(F)(F)OC12C=CC=CC1(c1ccccc1)S2. The number of alkyl halides is 3. The van der Waals surface area contributed by atoms with E-state index in [2.05, 4.69) is 4.74 Å². The molecule has 1 aliphatic heterocycles. The first kappa shape index (κ1) is 11.9. The van der Waals surface area contributed by atoms with Gasteiger partial charge in [0.05, 0.1) is 0 Å². The van der Waals surface area contributed by atoms with Crippen molar-refractivity contribution in [3.05, 3.63) is 60.2 Å². The van der Waals surface area contributed by atoms with E-state index in [4.69, 9.17) is 0 Å². The van der Waals surface area contributed by atoms with Crippen molar-refractivity contribution < 1.29 is 17.9 Å². The number of ether oxygens (including phenoxy) is 1. The number of allylic oxidation sites excluding steroid dienone is 2. The molecule has 5 heteroatoms. The smallest absolute Gasteiger partial charge is 0.268 e. The Bertz CT molecular complexity index is 523. The first-order valence-corrected chi connectivity index (χ1v) is 6.19. The van der Waals surface area contributed by atoms with Gasteiger partial charge in [-0.1, -0.05) is 48.6 Å². The van der Waals surface area contributed by atoms with Gasteiger partial charge < -0.3 is 0 Å². The molecule has 1 saturated heterocycles. The second kappa shape index (κ2) is 3.65. The van der Waals surface area contributed by atoms with Gasteiger partial charge in [-0.15, -0.1) is 24.9 Å². The summed E-state index contributed by atoms with van der Waals surface area (Å²) in [5, 5.41) is 0. The molecule has 1 heterocycles. The van der Waals surface area contributed by atoms with Gasteiger partial charge in [0.25, 0.3) is 0 Å². The van der Waals surface area contributed by atoms with Crippen molar-refractivity contribution in [2.24, 2.45) is 0 Å². The van der Waals surface area contributed by atoms with E-state index < -0.39 is 16.0 Å². The van der Waals surface area contributed by atoms with E-state index in [0.29, 0.717) is 0 Å². The zero-order valence-corrected chi connectivity index (χ0v) is 9.96. The molecule has 18 heavy (non-hydrogen) atoms. The quantitative estimate of drug-likeness (QED) is 0.751. The van der Waals surface area contributed by atoms with Gasteiger partial charge in [-0.3, -0.25) is 4.74 Å². The van der Waals surface area contributed by atoms with Crippen molar-refractivity contribution >= 4 is 11.8 Å². The van der Waals surface area contributed by atoms with Crippen molar-refractivity contribution in [2.75, 3.05) is 0 Å². The average molecular weight is 270 g/mol. The van der Waals surface area contributed by atoms with Gasteiger partial charge in [0, 0.05) is 0 Å². The number of hydrogen-bond donors (Lipinski definition) is 0. The summed E-state index contributed by atoms with van der Waals surface area (Å²) in [5.74, 6) is 0. The Labute approximate surface area is 106 Å². The summed E-state index contributed by atoms with van der Waals surface area (Å²) < 4.78 is 41.1. The monoisotopic (exact) mass is 270 g/mol. The number of benzene rings is 1. The summed E-state index contributed by atoms with van der Waals surface area (Å²) in [4.78, 5) is -1.35. The Balaban J connectivity index is 1.99. The second-order valence-electron chi connectivity index (χ2n) is 4.14. The van der Waals surface area contributed by atoms with Crippen LogP contribution in [-0.2, 0) is 9.48 Å². The fourth-order valence-corrected chi connectivity index (χ4v) is 3.65. The Morgan fingerprint density at radius 1 is 1.00 bits per heavy atom. The summed E-state index contributed by atoms with van der Waals surface area (Å²) in [6.45, 7) is 0. The molecule has 94 valence electrons. The van der Waals surface area contributed by atoms with E-state index in [1.165, 1.54) is 6.08 Å². The Kier molecular flexibility index (Phi) is 2.40. The molecule has 2 unspecified atom stereocenters. The van der Waals surface area contributed by atoms with Crippen molar-refractivity contribution in [3.63, 3.8) is 0 Å². The van der Waals surface area contributed by atoms with E-state index in [1.807, 2.05) is 30.3 Å². The molecular formula is C13H9F3OS. The van der Waals surface area contributed by atoms with Crippen LogP contribution in [0.5, 0.6) is 0 Å². The normalized spacial score (nSPS) is 33.3. The van der Waals surface area contributed by atoms with Gasteiger partial charge in [0.1, 0.15) is 4.75 Å². The Morgan fingerprint density at radius 3 is 2.33 bits per heavy atom. The molecule has 0 N–H and O–H groups in total. The number of rotatable bonds is 2. The van der Waals surface area contributed by atoms with Crippen LogP contribution in [-0.4, -0.2) is 11.3 Å². The molecule has 1 aromatic rings. The molecule has 0 radical (unpaired) electrons. The highest BCUT2D eigenvalue weighted by molar-refractivity contribution is 8.09. The zero-order chi connectivity index (χ0) is 12.9. The highest BCUT2D eigenvalue weighted by atomic mass is 32.2. The van der Waals surface area contributed by atoms with E-state index in [-0.39, 0.29) is 0 Å². The predicted octanol–water partition coefficient (Wildman–Crippen LogP) is 3.99. The zero-order valence-electron chi connectivity index (χ0n) is 9.15. The summed E-state index contributed by atoms with van der Waals surface area (Å²) in [5.41, 5.74) is 0.819. The molecule has 2 atom stereocenters. The van der Waals surface area contributed by atoms with Crippen LogP contribution in [0.25, 0.3) is 0 Å².